The first-order valence-corrected chi connectivity index (χ1v) is 12.7. The lowest BCUT2D eigenvalue weighted by Gasteiger charge is -2.19. The van der Waals surface area contributed by atoms with E-state index in [4.69, 9.17) is 9.47 Å². The quantitative estimate of drug-likeness (QED) is 0.251. The third-order valence-electron chi connectivity index (χ3n) is 5.73. The summed E-state index contributed by atoms with van der Waals surface area (Å²) in [5.74, 6) is -0.215. The highest BCUT2D eigenvalue weighted by Gasteiger charge is 2.17. The molecular formula is C28H37N3O6. The van der Waals surface area contributed by atoms with Gasteiger partial charge >= 0.3 is 0 Å². The van der Waals surface area contributed by atoms with Gasteiger partial charge in [0, 0.05) is 55.1 Å². The van der Waals surface area contributed by atoms with Gasteiger partial charge in [0.25, 0.3) is 5.91 Å². The Morgan fingerprint density at radius 2 is 1.57 bits per heavy atom. The Hall–Kier alpha value is -3.30. The van der Waals surface area contributed by atoms with Gasteiger partial charge in [0.15, 0.2) is 5.78 Å². The van der Waals surface area contributed by atoms with Gasteiger partial charge < -0.3 is 14.8 Å². The number of ketones is 3. The van der Waals surface area contributed by atoms with Crippen molar-refractivity contribution in [2.75, 3.05) is 26.4 Å². The van der Waals surface area contributed by atoms with Gasteiger partial charge in [-0.15, -0.1) is 0 Å². The van der Waals surface area contributed by atoms with Crippen molar-refractivity contribution in [1.29, 1.82) is 0 Å². The molecule has 0 aliphatic carbocycles. The molecule has 2 heterocycles. The second-order valence-corrected chi connectivity index (χ2v) is 8.97. The number of amides is 1. The zero-order chi connectivity index (χ0) is 27.2. The molecule has 0 saturated carbocycles. The molecule has 0 saturated heterocycles. The first-order valence-electron chi connectivity index (χ1n) is 12.7. The number of carbonyl (C=O) groups is 4. The molecule has 0 aliphatic rings. The van der Waals surface area contributed by atoms with Gasteiger partial charge in [0.2, 0.25) is 0 Å². The second-order valence-electron chi connectivity index (χ2n) is 8.97. The Balaban J connectivity index is 1.97. The normalized spacial score (nSPS) is 11.8. The molecule has 0 spiro atoms. The monoisotopic (exact) mass is 511 g/mol. The van der Waals surface area contributed by atoms with E-state index in [1.807, 2.05) is 13.8 Å². The van der Waals surface area contributed by atoms with E-state index in [0.717, 1.165) is 0 Å². The number of hydrogen-bond acceptors (Lipinski definition) is 8. The zero-order valence-electron chi connectivity index (χ0n) is 22.1. The summed E-state index contributed by atoms with van der Waals surface area (Å²) in [5.41, 5.74) is 2.12. The SMILES string of the molecule is CCC(=O)CCOCC(COCCC(=O)C(C)C)NC(=O)c1ccc(-c2ccc(C(=O)CC)cn2)cn1. The number of nitrogens with zero attached hydrogens (tertiary/aromatic N) is 2. The van der Waals surface area contributed by atoms with E-state index < -0.39 is 11.9 Å². The van der Waals surface area contributed by atoms with Crippen LogP contribution in [0.2, 0.25) is 0 Å². The minimum atomic E-state index is -0.481. The minimum absolute atomic E-state index is 0.0233. The number of ether oxygens (including phenoxy) is 2. The first-order chi connectivity index (χ1) is 17.7. The van der Waals surface area contributed by atoms with Crippen LogP contribution < -0.4 is 5.32 Å². The Morgan fingerprint density at radius 3 is 2.11 bits per heavy atom. The predicted octanol–water partition coefficient (Wildman–Crippen LogP) is 3.85. The summed E-state index contributed by atoms with van der Waals surface area (Å²) >= 11 is 0. The zero-order valence-corrected chi connectivity index (χ0v) is 22.1. The number of Topliss-reactive ketones (excluding diaryl/α,β-unsaturated/α-hetero) is 3. The molecule has 9 nitrogen and oxygen atoms in total. The number of hydrogen-bond donors (Lipinski definition) is 1. The molecule has 1 unspecified atom stereocenters. The topological polar surface area (TPSA) is 125 Å². The van der Waals surface area contributed by atoms with Crippen molar-refractivity contribution in [1.82, 2.24) is 15.3 Å². The summed E-state index contributed by atoms with van der Waals surface area (Å²) in [6.45, 7) is 8.10. The molecule has 2 rings (SSSR count). The van der Waals surface area contributed by atoms with Gasteiger partial charge in [-0.1, -0.05) is 27.7 Å². The smallest absolute Gasteiger partial charge is 0.270 e. The van der Waals surface area contributed by atoms with E-state index in [2.05, 4.69) is 15.3 Å². The number of aromatic nitrogens is 2. The Morgan fingerprint density at radius 1 is 0.865 bits per heavy atom. The highest BCUT2D eigenvalue weighted by atomic mass is 16.5. The standard InChI is InChI=1S/C28H37N3O6/c1-5-23(32)11-13-36-17-22(18-37-14-12-27(34)19(3)4)31-28(35)25-10-7-20(15-30-25)24-9-8-21(16-29-24)26(33)6-2/h7-10,15-16,19,22H,5-6,11-14,17-18H2,1-4H3,(H,31,35). The van der Waals surface area contributed by atoms with Gasteiger partial charge in [-0.3, -0.25) is 29.1 Å². The molecule has 0 aliphatic heterocycles. The van der Waals surface area contributed by atoms with Crippen molar-refractivity contribution in [2.24, 2.45) is 5.92 Å². The number of carbonyl (C=O) groups excluding carboxylic acids is 4. The van der Waals surface area contributed by atoms with Gasteiger partial charge in [0.05, 0.1) is 38.2 Å². The maximum absolute atomic E-state index is 12.8. The van der Waals surface area contributed by atoms with Crippen LogP contribution >= 0.6 is 0 Å². The van der Waals surface area contributed by atoms with Crippen LogP contribution in [0.1, 0.15) is 74.2 Å². The van der Waals surface area contributed by atoms with Crippen LogP contribution in [0.15, 0.2) is 36.7 Å². The van der Waals surface area contributed by atoms with Crippen LogP contribution in [0, 0.1) is 5.92 Å². The van der Waals surface area contributed by atoms with Crippen molar-refractivity contribution in [3.05, 3.63) is 47.9 Å². The molecule has 0 bridgehead atoms. The van der Waals surface area contributed by atoms with E-state index >= 15 is 0 Å². The van der Waals surface area contributed by atoms with Crippen LogP contribution in [0.4, 0.5) is 0 Å². The molecule has 0 fully saturated rings. The highest BCUT2D eigenvalue weighted by molar-refractivity contribution is 5.96. The minimum Gasteiger partial charge on any atom is -0.379 e. The molecule has 1 atom stereocenters. The molecule has 0 radical (unpaired) electrons. The molecular weight excluding hydrogens is 474 g/mol. The lowest BCUT2D eigenvalue weighted by atomic mass is 10.1. The van der Waals surface area contributed by atoms with Crippen molar-refractivity contribution in [3.8, 4) is 11.3 Å². The average Bonchev–Trinajstić information content (AvgIpc) is 2.92. The average molecular weight is 512 g/mol. The largest absolute Gasteiger partial charge is 0.379 e. The first kappa shape index (κ1) is 29.9. The van der Waals surface area contributed by atoms with Crippen molar-refractivity contribution in [2.45, 2.75) is 59.4 Å². The number of rotatable bonds is 17. The van der Waals surface area contributed by atoms with E-state index in [1.54, 1.807) is 44.3 Å². The molecule has 1 N–H and O–H groups in total. The summed E-state index contributed by atoms with van der Waals surface area (Å²) in [5, 5.41) is 2.86. The van der Waals surface area contributed by atoms with Crippen molar-refractivity contribution in [3.63, 3.8) is 0 Å². The maximum Gasteiger partial charge on any atom is 0.270 e. The highest BCUT2D eigenvalue weighted by Crippen LogP contribution is 2.17. The Bertz CT molecular complexity index is 1030. The third kappa shape index (κ3) is 10.3. The fourth-order valence-corrected chi connectivity index (χ4v) is 3.28. The maximum atomic E-state index is 12.8. The van der Waals surface area contributed by atoms with Gasteiger partial charge in [-0.05, 0) is 24.3 Å². The van der Waals surface area contributed by atoms with Gasteiger partial charge in [0.1, 0.15) is 17.3 Å². The fourth-order valence-electron chi connectivity index (χ4n) is 3.28. The second kappa shape index (κ2) is 15.7. The van der Waals surface area contributed by atoms with E-state index in [1.165, 1.54) is 6.20 Å². The van der Waals surface area contributed by atoms with E-state index in [0.29, 0.717) is 42.5 Å². The third-order valence-corrected chi connectivity index (χ3v) is 5.73. The molecule has 9 heteroatoms. The van der Waals surface area contributed by atoms with Crippen molar-refractivity contribution >= 4 is 23.3 Å². The number of nitrogens with one attached hydrogen (secondary N) is 1. The fraction of sp³-hybridized carbons (Fsp3) is 0.500. The van der Waals surface area contributed by atoms with Gasteiger partial charge in [-0.25, -0.2) is 0 Å². The number of pyridine rings is 2. The van der Waals surface area contributed by atoms with Crippen LogP contribution in [0.3, 0.4) is 0 Å². The van der Waals surface area contributed by atoms with Crippen molar-refractivity contribution < 1.29 is 28.7 Å². The Kier molecular flexibility index (Phi) is 12.7. The van der Waals surface area contributed by atoms with Crippen LogP contribution in [0.5, 0.6) is 0 Å². The van der Waals surface area contributed by atoms with E-state index in [-0.39, 0.29) is 55.4 Å². The van der Waals surface area contributed by atoms with Gasteiger partial charge in [-0.2, -0.15) is 0 Å². The Labute approximate surface area is 218 Å². The molecule has 1 amide bonds. The lowest BCUT2D eigenvalue weighted by Crippen LogP contribution is -2.42. The lowest BCUT2D eigenvalue weighted by molar-refractivity contribution is -0.123. The molecule has 0 aromatic carbocycles. The van der Waals surface area contributed by atoms with Crippen LogP contribution in [-0.4, -0.2) is 65.7 Å². The summed E-state index contributed by atoms with van der Waals surface area (Å²) in [4.78, 5) is 56.5. The van der Waals surface area contributed by atoms with Crippen LogP contribution in [-0.2, 0) is 19.1 Å². The predicted molar refractivity (Wildman–Crippen MR) is 139 cm³/mol. The summed E-state index contributed by atoms with van der Waals surface area (Å²) in [6, 6.07) is 6.32. The van der Waals surface area contributed by atoms with Crippen LogP contribution in [0.25, 0.3) is 11.3 Å². The molecule has 200 valence electrons. The summed E-state index contributed by atoms with van der Waals surface area (Å²) < 4.78 is 11.2. The molecule has 2 aromatic rings. The summed E-state index contributed by atoms with van der Waals surface area (Å²) in [7, 11) is 0. The summed E-state index contributed by atoms with van der Waals surface area (Å²) in [6.07, 6.45) is 4.56. The molecule has 37 heavy (non-hydrogen) atoms. The molecule has 2 aromatic heterocycles. The van der Waals surface area contributed by atoms with E-state index in [9.17, 15) is 19.2 Å².